The second-order valence-electron chi connectivity index (χ2n) is 4.94. The van der Waals surface area contributed by atoms with E-state index in [2.05, 4.69) is 0 Å². The minimum Gasteiger partial charge on any atom is -0.294 e. The van der Waals surface area contributed by atoms with Crippen molar-refractivity contribution in [3.8, 4) is 0 Å². The molecule has 1 amide bonds. The number of hydrogen-bond acceptors (Lipinski definition) is 4. The van der Waals surface area contributed by atoms with Gasteiger partial charge in [-0.25, -0.2) is 4.39 Å². The molecule has 6 heteroatoms. The Morgan fingerprint density at radius 2 is 1.48 bits per heavy atom. The van der Waals surface area contributed by atoms with Crippen LogP contribution in [0.5, 0.6) is 0 Å². The molecule has 0 aliphatic carbocycles. The highest BCUT2D eigenvalue weighted by Crippen LogP contribution is 2.21. The van der Waals surface area contributed by atoms with Crippen molar-refractivity contribution in [3.63, 3.8) is 0 Å². The van der Waals surface area contributed by atoms with Crippen LogP contribution in [-0.4, -0.2) is 22.7 Å². The number of benzene rings is 2. The predicted octanol–water partition coefficient (Wildman–Crippen LogP) is 3.27. The number of hydroxylamine groups is 1. The molecular weight excluding hydrogens is 301 g/mol. The fourth-order valence-corrected chi connectivity index (χ4v) is 2.12. The molecule has 0 radical (unpaired) electrons. The van der Waals surface area contributed by atoms with Gasteiger partial charge in [0, 0.05) is 5.56 Å². The first-order valence-electron chi connectivity index (χ1n) is 6.76. The summed E-state index contributed by atoms with van der Waals surface area (Å²) in [6.07, 6.45) is 0. The normalized spacial score (nSPS) is 10.3. The summed E-state index contributed by atoms with van der Waals surface area (Å²) in [6.45, 7) is 2.48. The molecule has 0 aliphatic rings. The molecule has 1 N–H and O–H groups in total. The van der Waals surface area contributed by atoms with Gasteiger partial charge in [-0.05, 0) is 38.1 Å². The lowest BCUT2D eigenvalue weighted by Gasteiger charge is -2.17. The number of Topliss-reactive ketones (excluding diaryl/α,β-unsaturated/α-hetero) is 2. The van der Waals surface area contributed by atoms with Crippen LogP contribution in [0, 0.1) is 5.82 Å². The highest BCUT2D eigenvalue weighted by Gasteiger charge is 2.21. The molecule has 2 aromatic carbocycles. The minimum atomic E-state index is -0.850. The van der Waals surface area contributed by atoms with Gasteiger partial charge in [-0.2, -0.15) is 5.06 Å². The SMILES string of the molecule is CC(=O)c1cc(N(O)C(=O)c2ccccc2C(C)=O)ccc1F. The van der Waals surface area contributed by atoms with Crippen molar-refractivity contribution in [2.24, 2.45) is 0 Å². The molecule has 0 saturated carbocycles. The van der Waals surface area contributed by atoms with Crippen molar-refractivity contribution in [3.05, 3.63) is 65.0 Å². The smallest absolute Gasteiger partial charge is 0.282 e. The molecule has 0 heterocycles. The molecule has 2 aromatic rings. The average molecular weight is 315 g/mol. The lowest BCUT2D eigenvalue weighted by Crippen LogP contribution is -2.28. The van der Waals surface area contributed by atoms with E-state index in [0.29, 0.717) is 0 Å². The van der Waals surface area contributed by atoms with Crippen molar-refractivity contribution in [1.29, 1.82) is 0 Å². The van der Waals surface area contributed by atoms with E-state index in [1.807, 2.05) is 0 Å². The van der Waals surface area contributed by atoms with Crippen molar-refractivity contribution in [1.82, 2.24) is 0 Å². The van der Waals surface area contributed by atoms with Crippen LogP contribution in [0.3, 0.4) is 0 Å². The summed E-state index contributed by atoms with van der Waals surface area (Å²) >= 11 is 0. The molecule has 0 spiro atoms. The van der Waals surface area contributed by atoms with Gasteiger partial charge in [0.25, 0.3) is 5.91 Å². The van der Waals surface area contributed by atoms with Crippen LogP contribution < -0.4 is 5.06 Å². The number of hydrogen-bond donors (Lipinski definition) is 1. The summed E-state index contributed by atoms with van der Waals surface area (Å²) in [5.74, 6) is -2.46. The summed E-state index contributed by atoms with van der Waals surface area (Å²) in [6, 6.07) is 9.24. The highest BCUT2D eigenvalue weighted by atomic mass is 19.1. The first-order valence-corrected chi connectivity index (χ1v) is 6.76. The Morgan fingerprint density at radius 1 is 0.913 bits per heavy atom. The number of ketones is 2. The van der Waals surface area contributed by atoms with Crippen LogP contribution in [0.4, 0.5) is 10.1 Å². The summed E-state index contributed by atoms with van der Waals surface area (Å²) in [4.78, 5) is 35.3. The van der Waals surface area contributed by atoms with Gasteiger partial charge < -0.3 is 0 Å². The van der Waals surface area contributed by atoms with E-state index in [0.717, 1.165) is 18.2 Å². The Hall–Kier alpha value is -2.86. The fraction of sp³-hybridized carbons (Fsp3) is 0.118. The molecule has 5 nitrogen and oxygen atoms in total. The van der Waals surface area contributed by atoms with Crippen molar-refractivity contribution in [2.45, 2.75) is 13.8 Å². The van der Waals surface area contributed by atoms with Gasteiger partial charge >= 0.3 is 0 Å². The third kappa shape index (κ3) is 3.32. The number of anilines is 1. The molecule has 0 unspecified atom stereocenters. The number of rotatable bonds is 4. The van der Waals surface area contributed by atoms with Crippen LogP contribution >= 0.6 is 0 Å². The fourth-order valence-electron chi connectivity index (χ4n) is 2.12. The zero-order valence-corrected chi connectivity index (χ0v) is 12.5. The standard InChI is InChI=1S/C17H14FNO4/c1-10(20)13-5-3-4-6-14(13)17(22)19(23)12-7-8-16(18)15(9-12)11(2)21/h3-9,23H,1-2H3. The summed E-state index contributed by atoms with van der Waals surface area (Å²) in [5, 5.41) is 10.4. The third-order valence-electron chi connectivity index (χ3n) is 3.30. The Balaban J connectivity index is 2.43. The quantitative estimate of drug-likeness (QED) is 0.534. The Bertz CT molecular complexity index is 801. The second kappa shape index (κ2) is 6.50. The molecule has 2 rings (SSSR count). The molecule has 0 bridgehead atoms. The van der Waals surface area contributed by atoms with Crippen molar-refractivity contribution in [2.75, 3.05) is 5.06 Å². The lowest BCUT2D eigenvalue weighted by atomic mass is 10.0. The molecule has 0 saturated heterocycles. The van der Waals surface area contributed by atoms with Crippen LogP contribution in [0.25, 0.3) is 0 Å². The molecule has 118 valence electrons. The number of carbonyl (C=O) groups excluding carboxylic acids is 3. The van der Waals surface area contributed by atoms with E-state index < -0.39 is 17.5 Å². The molecular formula is C17H14FNO4. The number of carbonyl (C=O) groups is 3. The van der Waals surface area contributed by atoms with Crippen molar-refractivity contribution >= 4 is 23.2 Å². The molecule has 0 aliphatic heterocycles. The number of halogens is 1. The Morgan fingerprint density at radius 3 is 2.04 bits per heavy atom. The topological polar surface area (TPSA) is 74.7 Å². The van der Waals surface area contributed by atoms with Gasteiger partial charge in [0.2, 0.25) is 0 Å². The van der Waals surface area contributed by atoms with E-state index >= 15 is 0 Å². The van der Waals surface area contributed by atoms with Gasteiger partial charge in [0.1, 0.15) is 5.82 Å². The Kier molecular flexibility index (Phi) is 4.66. The second-order valence-corrected chi connectivity index (χ2v) is 4.94. The maximum absolute atomic E-state index is 13.5. The van der Waals surface area contributed by atoms with Gasteiger partial charge in [-0.3, -0.25) is 19.6 Å². The predicted molar refractivity (Wildman–Crippen MR) is 81.4 cm³/mol. The van der Waals surface area contributed by atoms with Crippen LogP contribution in [-0.2, 0) is 0 Å². The first-order chi connectivity index (χ1) is 10.8. The molecule has 0 fully saturated rings. The summed E-state index contributed by atoms with van der Waals surface area (Å²) < 4.78 is 13.5. The molecule has 0 atom stereocenters. The third-order valence-corrected chi connectivity index (χ3v) is 3.30. The van der Waals surface area contributed by atoms with Gasteiger partial charge in [0.15, 0.2) is 11.6 Å². The largest absolute Gasteiger partial charge is 0.294 e. The van der Waals surface area contributed by atoms with E-state index in [1.54, 1.807) is 12.1 Å². The zero-order valence-electron chi connectivity index (χ0n) is 12.5. The van der Waals surface area contributed by atoms with Crippen LogP contribution in [0.1, 0.15) is 44.9 Å². The maximum Gasteiger partial charge on any atom is 0.282 e. The first kappa shape index (κ1) is 16.5. The van der Waals surface area contributed by atoms with E-state index in [1.165, 1.54) is 26.0 Å². The Labute approximate surface area is 131 Å². The number of amides is 1. The lowest BCUT2D eigenvalue weighted by molar-refractivity contribution is 0.0847. The maximum atomic E-state index is 13.5. The zero-order chi connectivity index (χ0) is 17.1. The van der Waals surface area contributed by atoms with Crippen LogP contribution in [0.15, 0.2) is 42.5 Å². The van der Waals surface area contributed by atoms with Crippen molar-refractivity contribution < 1.29 is 24.0 Å². The monoisotopic (exact) mass is 315 g/mol. The number of nitrogens with zero attached hydrogens (tertiary/aromatic N) is 1. The summed E-state index contributed by atoms with van der Waals surface area (Å²) in [5.41, 5.74) is -0.143. The van der Waals surface area contributed by atoms with Gasteiger partial charge in [0.05, 0.1) is 16.8 Å². The van der Waals surface area contributed by atoms with Gasteiger partial charge in [-0.15, -0.1) is 0 Å². The van der Waals surface area contributed by atoms with Gasteiger partial charge in [-0.1, -0.05) is 18.2 Å². The van der Waals surface area contributed by atoms with E-state index in [4.69, 9.17) is 0 Å². The average Bonchev–Trinajstić information content (AvgIpc) is 2.53. The molecule has 23 heavy (non-hydrogen) atoms. The van der Waals surface area contributed by atoms with E-state index in [-0.39, 0.29) is 33.2 Å². The summed E-state index contributed by atoms with van der Waals surface area (Å²) in [7, 11) is 0. The van der Waals surface area contributed by atoms with E-state index in [9.17, 15) is 24.0 Å². The highest BCUT2D eigenvalue weighted by molar-refractivity contribution is 6.12. The van der Waals surface area contributed by atoms with Crippen LogP contribution in [0.2, 0.25) is 0 Å². The minimum absolute atomic E-state index is 0.0104. The molecule has 0 aromatic heterocycles.